The highest BCUT2D eigenvalue weighted by molar-refractivity contribution is 7.13. The van der Waals surface area contributed by atoms with Gasteiger partial charge in [-0.3, -0.25) is 4.67 Å². The summed E-state index contributed by atoms with van der Waals surface area (Å²) in [5, 5.41) is 3.54. The summed E-state index contributed by atoms with van der Waals surface area (Å²) >= 11 is 5.89. The number of hydrogen-bond donors (Lipinski definition) is 1. The van der Waals surface area contributed by atoms with Crippen LogP contribution in [-0.4, -0.2) is 33.8 Å². The third-order valence-electron chi connectivity index (χ3n) is 3.63. The zero-order valence-electron chi connectivity index (χ0n) is 12.1. The Hall–Kier alpha value is -1.42. The number of anilines is 1. The van der Waals surface area contributed by atoms with E-state index in [9.17, 15) is 0 Å². The third-order valence-corrected chi connectivity index (χ3v) is 4.49. The quantitative estimate of drug-likeness (QED) is 0.668. The maximum Gasteiger partial charge on any atom is 0.247 e. The molecule has 1 aliphatic rings. The second-order valence-electron chi connectivity index (χ2n) is 5.19. The summed E-state index contributed by atoms with van der Waals surface area (Å²) in [6.07, 6.45) is 4.07. The molecule has 0 saturated carbocycles. The molecule has 7 heteroatoms. The Morgan fingerprint density at radius 2 is 2.18 bits per heavy atom. The van der Waals surface area contributed by atoms with E-state index in [0.29, 0.717) is 17.7 Å². The first-order valence-corrected chi connectivity index (χ1v) is 8.12. The van der Waals surface area contributed by atoms with Crippen LogP contribution in [0.5, 0.6) is 11.6 Å². The van der Waals surface area contributed by atoms with Crippen LogP contribution in [0.4, 0.5) is 5.69 Å². The lowest BCUT2D eigenvalue weighted by Gasteiger charge is -2.20. The van der Waals surface area contributed by atoms with Crippen LogP contribution in [0, 0.1) is 0 Å². The molecule has 22 heavy (non-hydrogen) atoms. The Morgan fingerprint density at radius 3 is 2.91 bits per heavy atom. The molecule has 2 atom stereocenters. The van der Waals surface area contributed by atoms with Crippen LogP contribution in [0.1, 0.15) is 12.8 Å². The molecule has 0 aliphatic carbocycles. The van der Waals surface area contributed by atoms with Gasteiger partial charge in [0, 0.05) is 19.1 Å². The average molecular weight is 337 g/mol. The van der Waals surface area contributed by atoms with Gasteiger partial charge in [0.25, 0.3) is 0 Å². The molecule has 1 aliphatic heterocycles. The lowest BCUT2D eigenvalue weighted by Crippen LogP contribution is -2.27. The zero-order valence-corrected chi connectivity index (χ0v) is 14.0. The molecular weight excluding hydrogens is 319 g/mol. The van der Waals surface area contributed by atoms with Gasteiger partial charge in [-0.1, -0.05) is 27.6 Å². The topological polar surface area (TPSA) is 50.3 Å². The first-order chi connectivity index (χ1) is 10.7. The van der Waals surface area contributed by atoms with E-state index < -0.39 is 0 Å². The Bertz CT molecular complexity index is 628. The highest BCUT2D eigenvalue weighted by Crippen LogP contribution is 2.29. The van der Waals surface area contributed by atoms with E-state index >= 15 is 0 Å². The van der Waals surface area contributed by atoms with Crippen LogP contribution >= 0.6 is 21.0 Å². The fourth-order valence-corrected chi connectivity index (χ4v) is 3.01. The van der Waals surface area contributed by atoms with Gasteiger partial charge in [-0.25, -0.2) is 4.98 Å². The summed E-state index contributed by atoms with van der Waals surface area (Å²) in [5.41, 5.74) is 0.749. The van der Waals surface area contributed by atoms with Crippen LogP contribution in [0.3, 0.4) is 0 Å². The van der Waals surface area contributed by atoms with Gasteiger partial charge in [-0.2, -0.15) is 4.98 Å². The zero-order chi connectivity index (χ0) is 15.4. The van der Waals surface area contributed by atoms with Gasteiger partial charge in [-0.05, 0) is 36.6 Å². The lowest BCUT2D eigenvalue weighted by atomic mass is 10.2. The number of aromatic nitrogens is 2. The minimum absolute atomic E-state index is 0.171. The highest BCUT2D eigenvalue weighted by atomic mass is 35.5. The SMILES string of the molecule is PN1CCC[C@H]1CNc1cnc(Cl)nc1Oc1ccccc1. The molecule has 1 aromatic heterocycles. The smallest absolute Gasteiger partial charge is 0.247 e. The van der Waals surface area contributed by atoms with E-state index in [1.165, 1.54) is 12.8 Å². The molecule has 2 aromatic rings. The molecule has 0 amide bonds. The minimum atomic E-state index is 0.171. The van der Waals surface area contributed by atoms with E-state index in [-0.39, 0.29) is 5.28 Å². The Morgan fingerprint density at radius 1 is 1.36 bits per heavy atom. The molecule has 116 valence electrons. The maximum absolute atomic E-state index is 5.89. The number of hydrogen-bond acceptors (Lipinski definition) is 5. The molecular formula is C15H18ClN4OP. The molecule has 0 spiro atoms. The summed E-state index contributed by atoms with van der Waals surface area (Å²) in [6.45, 7) is 1.93. The normalized spacial score (nSPS) is 18.4. The van der Waals surface area contributed by atoms with Crippen molar-refractivity contribution in [2.75, 3.05) is 18.4 Å². The minimum Gasteiger partial charge on any atom is -0.437 e. The first-order valence-electron chi connectivity index (χ1n) is 7.23. The van der Waals surface area contributed by atoms with Crippen molar-refractivity contribution in [3.8, 4) is 11.6 Å². The Kier molecular flexibility index (Phi) is 5.08. The fraction of sp³-hybridized carbons (Fsp3) is 0.333. The molecule has 3 rings (SSSR count). The molecule has 1 aromatic carbocycles. The predicted molar refractivity (Wildman–Crippen MR) is 91.5 cm³/mol. The van der Waals surface area contributed by atoms with Crippen LogP contribution in [-0.2, 0) is 0 Å². The van der Waals surface area contributed by atoms with E-state index in [4.69, 9.17) is 16.3 Å². The van der Waals surface area contributed by atoms with E-state index in [1.54, 1.807) is 6.20 Å². The van der Waals surface area contributed by atoms with Gasteiger partial charge in [0.05, 0.1) is 6.20 Å². The van der Waals surface area contributed by atoms with Gasteiger partial charge in [0.15, 0.2) is 0 Å². The van der Waals surface area contributed by atoms with E-state index in [1.807, 2.05) is 30.3 Å². The summed E-state index contributed by atoms with van der Waals surface area (Å²) in [6, 6.07) is 10.0. The molecule has 0 radical (unpaired) electrons. The monoisotopic (exact) mass is 336 g/mol. The molecule has 1 unspecified atom stereocenters. The number of ether oxygens (including phenoxy) is 1. The largest absolute Gasteiger partial charge is 0.437 e. The summed E-state index contributed by atoms with van der Waals surface area (Å²) in [4.78, 5) is 8.22. The van der Waals surface area contributed by atoms with Crippen LogP contribution in [0.15, 0.2) is 36.5 Å². The van der Waals surface area contributed by atoms with Crippen molar-refractivity contribution in [2.24, 2.45) is 0 Å². The van der Waals surface area contributed by atoms with Crippen molar-refractivity contribution in [1.29, 1.82) is 0 Å². The van der Waals surface area contributed by atoms with Crippen LogP contribution < -0.4 is 10.1 Å². The van der Waals surface area contributed by atoms with Crippen molar-refractivity contribution in [3.05, 3.63) is 41.8 Å². The highest BCUT2D eigenvalue weighted by Gasteiger charge is 2.21. The number of benzene rings is 1. The van der Waals surface area contributed by atoms with Gasteiger partial charge in [0.1, 0.15) is 11.4 Å². The molecule has 1 N–H and O–H groups in total. The van der Waals surface area contributed by atoms with E-state index in [2.05, 4.69) is 29.3 Å². The number of para-hydroxylation sites is 1. The Balaban J connectivity index is 1.73. The third kappa shape index (κ3) is 3.86. The second kappa shape index (κ2) is 7.23. The number of nitrogens with one attached hydrogen (secondary N) is 1. The summed E-state index contributed by atoms with van der Waals surface area (Å²) in [7, 11) is 2.78. The molecule has 1 saturated heterocycles. The lowest BCUT2D eigenvalue weighted by molar-refractivity contribution is 0.446. The van der Waals surface area contributed by atoms with Crippen molar-refractivity contribution in [3.63, 3.8) is 0 Å². The van der Waals surface area contributed by atoms with Crippen LogP contribution in [0.2, 0.25) is 5.28 Å². The molecule has 1 fully saturated rings. The maximum atomic E-state index is 5.89. The molecule has 2 heterocycles. The van der Waals surface area contributed by atoms with Crippen molar-refractivity contribution >= 4 is 26.7 Å². The number of rotatable bonds is 5. The number of nitrogens with zero attached hydrogens (tertiary/aromatic N) is 3. The molecule has 0 bridgehead atoms. The van der Waals surface area contributed by atoms with Crippen molar-refractivity contribution in [2.45, 2.75) is 18.9 Å². The first kappa shape index (κ1) is 15.5. The van der Waals surface area contributed by atoms with Gasteiger partial charge in [-0.15, -0.1) is 0 Å². The second-order valence-corrected chi connectivity index (χ2v) is 6.19. The Labute approximate surface area is 137 Å². The summed E-state index contributed by atoms with van der Waals surface area (Å²) < 4.78 is 8.09. The van der Waals surface area contributed by atoms with Gasteiger partial charge in [0.2, 0.25) is 11.2 Å². The van der Waals surface area contributed by atoms with Crippen molar-refractivity contribution in [1.82, 2.24) is 14.6 Å². The van der Waals surface area contributed by atoms with Gasteiger partial charge < -0.3 is 10.1 Å². The van der Waals surface area contributed by atoms with E-state index in [0.717, 1.165) is 18.8 Å². The molecule has 5 nitrogen and oxygen atoms in total. The number of halogens is 1. The fourth-order valence-electron chi connectivity index (χ4n) is 2.45. The van der Waals surface area contributed by atoms with Gasteiger partial charge >= 0.3 is 0 Å². The average Bonchev–Trinajstić information content (AvgIpc) is 2.93. The standard InChI is InChI=1S/C15H18ClN4OP/c16-15-18-10-13(17-9-11-5-4-8-20(11)22)14(19-15)21-12-6-2-1-3-7-12/h1-3,6-7,10-11,17H,4-5,8-9,22H2/t11-/m0/s1. The predicted octanol–water partition coefficient (Wildman–Crippen LogP) is 3.59. The van der Waals surface area contributed by atoms with Crippen LogP contribution in [0.25, 0.3) is 0 Å². The summed E-state index contributed by atoms with van der Waals surface area (Å²) in [5.74, 6) is 1.16. The van der Waals surface area contributed by atoms with Crippen molar-refractivity contribution < 1.29 is 4.74 Å².